The second-order valence-corrected chi connectivity index (χ2v) is 7.77. The van der Waals surface area contributed by atoms with Crippen molar-refractivity contribution in [2.45, 2.75) is 26.9 Å². The molecule has 0 radical (unpaired) electrons. The fourth-order valence-electron chi connectivity index (χ4n) is 3.00. The predicted molar refractivity (Wildman–Crippen MR) is 113 cm³/mol. The molecule has 0 saturated carbocycles. The van der Waals surface area contributed by atoms with E-state index >= 15 is 0 Å². The summed E-state index contributed by atoms with van der Waals surface area (Å²) in [6.07, 6.45) is 0. The van der Waals surface area contributed by atoms with Gasteiger partial charge in [-0.25, -0.2) is 14.2 Å². The number of hydrogen-bond donors (Lipinski definition) is 2. The summed E-state index contributed by atoms with van der Waals surface area (Å²) in [6, 6.07) is 5.58. The van der Waals surface area contributed by atoms with Crippen LogP contribution in [0, 0.1) is 19.7 Å². The summed E-state index contributed by atoms with van der Waals surface area (Å²) in [5.74, 6) is -0.483. The third kappa shape index (κ3) is 5.01. The highest BCUT2D eigenvalue weighted by Crippen LogP contribution is 2.19. The van der Waals surface area contributed by atoms with E-state index in [1.807, 2.05) is 6.92 Å². The maximum Gasteiger partial charge on any atom is 0.321 e. The number of hydrogen-bond acceptors (Lipinski definition) is 5. The van der Waals surface area contributed by atoms with Gasteiger partial charge in [-0.15, -0.1) is 11.3 Å². The molecule has 2 N–H and O–H groups in total. The summed E-state index contributed by atoms with van der Waals surface area (Å²) in [7, 11) is 3.50. The summed E-state index contributed by atoms with van der Waals surface area (Å²) in [6.45, 7) is 4.16. The van der Waals surface area contributed by atoms with Gasteiger partial charge in [-0.2, -0.15) is 5.10 Å². The first-order valence-corrected chi connectivity index (χ1v) is 10.1. The van der Waals surface area contributed by atoms with Crippen molar-refractivity contribution in [2.24, 2.45) is 7.05 Å². The zero-order chi connectivity index (χ0) is 21.8. The monoisotopic (exact) mass is 430 g/mol. The minimum absolute atomic E-state index is 0.131. The molecule has 0 saturated heterocycles. The standard InChI is InChI=1S/C20H23FN6O2S/c1-12-17(13(2)27(4)25-12)18(28)26(3)10-16-11-30-20(23-16)24-19(29)22-9-14-6-5-7-15(21)8-14/h5-8,11H,9-10H2,1-4H3,(H2,22,23,24,29). The van der Waals surface area contributed by atoms with Crippen LogP contribution in [0.25, 0.3) is 0 Å². The van der Waals surface area contributed by atoms with E-state index in [9.17, 15) is 14.0 Å². The van der Waals surface area contributed by atoms with Crippen LogP contribution in [0.5, 0.6) is 0 Å². The normalized spacial score (nSPS) is 10.7. The van der Waals surface area contributed by atoms with Crippen molar-refractivity contribution in [2.75, 3.05) is 12.4 Å². The number of nitrogens with one attached hydrogen (secondary N) is 2. The molecule has 30 heavy (non-hydrogen) atoms. The van der Waals surface area contributed by atoms with Gasteiger partial charge in [0.2, 0.25) is 0 Å². The van der Waals surface area contributed by atoms with E-state index in [-0.39, 0.29) is 18.3 Å². The van der Waals surface area contributed by atoms with Crippen LogP contribution in [0.2, 0.25) is 0 Å². The number of carbonyl (C=O) groups is 2. The number of carbonyl (C=O) groups excluding carboxylic acids is 2. The second kappa shape index (κ2) is 9.04. The fourth-order valence-corrected chi connectivity index (χ4v) is 3.69. The molecule has 0 aliphatic carbocycles. The van der Waals surface area contributed by atoms with E-state index in [0.717, 1.165) is 5.69 Å². The van der Waals surface area contributed by atoms with Crippen LogP contribution in [0.1, 0.15) is 33.0 Å². The van der Waals surface area contributed by atoms with Crippen molar-refractivity contribution in [1.29, 1.82) is 0 Å². The lowest BCUT2D eigenvalue weighted by Gasteiger charge is -2.16. The molecule has 0 spiro atoms. The highest BCUT2D eigenvalue weighted by molar-refractivity contribution is 7.13. The van der Waals surface area contributed by atoms with Gasteiger partial charge < -0.3 is 10.2 Å². The number of halogens is 1. The molecule has 0 bridgehead atoms. The molecule has 0 atom stereocenters. The fraction of sp³-hybridized carbons (Fsp3) is 0.300. The average molecular weight is 431 g/mol. The molecule has 2 aromatic heterocycles. The lowest BCUT2D eigenvalue weighted by Crippen LogP contribution is -2.28. The molecule has 0 fully saturated rings. The molecular weight excluding hydrogens is 407 g/mol. The number of aryl methyl sites for hydroxylation is 2. The molecule has 0 aliphatic rings. The minimum atomic E-state index is -0.439. The van der Waals surface area contributed by atoms with Crippen molar-refractivity contribution in [3.8, 4) is 0 Å². The van der Waals surface area contributed by atoms with Crippen molar-refractivity contribution < 1.29 is 14.0 Å². The lowest BCUT2D eigenvalue weighted by atomic mass is 10.1. The van der Waals surface area contributed by atoms with Crippen LogP contribution in [0.4, 0.5) is 14.3 Å². The smallest absolute Gasteiger partial charge is 0.321 e. The molecule has 0 aliphatic heterocycles. The van der Waals surface area contributed by atoms with Crippen molar-refractivity contribution in [3.05, 3.63) is 63.7 Å². The Morgan fingerprint density at radius 1 is 1.30 bits per heavy atom. The summed E-state index contributed by atoms with van der Waals surface area (Å²) in [5, 5.41) is 11.8. The topological polar surface area (TPSA) is 92.2 Å². The highest BCUT2D eigenvalue weighted by Gasteiger charge is 2.21. The maximum absolute atomic E-state index is 13.2. The van der Waals surface area contributed by atoms with E-state index in [2.05, 4.69) is 20.7 Å². The molecule has 3 aromatic rings. The Kier molecular flexibility index (Phi) is 6.46. The van der Waals surface area contributed by atoms with Gasteiger partial charge in [0.1, 0.15) is 5.82 Å². The van der Waals surface area contributed by atoms with E-state index < -0.39 is 6.03 Å². The summed E-state index contributed by atoms with van der Waals surface area (Å²) in [4.78, 5) is 30.8. The minimum Gasteiger partial charge on any atom is -0.336 e. The third-order valence-electron chi connectivity index (χ3n) is 4.58. The number of nitrogens with zero attached hydrogens (tertiary/aromatic N) is 4. The van der Waals surface area contributed by atoms with E-state index in [4.69, 9.17) is 0 Å². The van der Waals surface area contributed by atoms with Gasteiger partial charge in [0.15, 0.2) is 5.13 Å². The molecule has 3 amide bonds. The van der Waals surface area contributed by atoms with Crippen molar-refractivity contribution in [1.82, 2.24) is 25.0 Å². The van der Waals surface area contributed by atoms with Gasteiger partial charge in [-0.1, -0.05) is 12.1 Å². The Labute approximate surface area is 177 Å². The van der Waals surface area contributed by atoms with Crippen LogP contribution in [-0.4, -0.2) is 38.7 Å². The molecular formula is C20H23FN6O2S. The van der Waals surface area contributed by atoms with Gasteiger partial charge in [0.25, 0.3) is 5.91 Å². The Balaban J connectivity index is 1.55. The molecule has 1 aromatic carbocycles. The quantitative estimate of drug-likeness (QED) is 0.628. The Hall–Kier alpha value is -3.27. The SMILES string of the molecule is Cc1nn(C)c(C)c1C(=O)N(C)Cc1csc(NC(=O)NCc2cccc(F)c2)n1. The van der Waals surface area contributed by atoms with Gasteiger partial charge in [0, 0.05) is 31.7 Å². The van der Waals surface area contributed by atoms with Crippen LogP contribution in [0.15, 0.2) is 29.6 Å². The molecule has 0 unspecified atom stereocenters. The van der Waals surface area contributed by atoms with Crippen LogP contribution >= 0.6 is 11.3 Å². The molecule has 8 nitrogen and oxygen atoms in total. The van der Waals surface area contributed by atoms with E-state index in [1.165, 1.54) is 23.5 Å². The Morgan fingerprint density at radius 2 is 2.07 bits per heavy atom. The number of aromatic nitrogens is 3. The number of anilines is 1. The molecule has 3 rings (SSSR count). The van der Waals surface area contributed by atoms with E-state index in [1.54, 1.807) is 48.1 Å². The summed E-state index contributed by atoms with van der Waals surface area (Å²) in [5.41, 5.74) is 3.40. The zero-order valence-corrected chi connectivity index (χ0v) is 18.0. The van der Waals surface area contributed by atoms with Crippen molar-refractivity contribution in [3.63, 3.8) is 0 Å². The van der Waals surface area contributed by atoms with Gasteiger partial charge in [-0.05, 0) is 31.5 Å². The third-order valence-corrected chi connectivity index (χ3v) is 5.39. The first-order chi connectivity index (χ1) is 14.2. The highest BCUT2D eigenvalue weighted by atomic mass is 32.1. The van der Waals surface area contributed by atoms with Crippen LogP contribution in [0.3, 0.4) is 0 Å². The maximum atomic E-state index is 13.2. The Bertz CT molecular complexity index is 1080. The van der Waals surface area contributed by atoms with Crippen LogP contribution < -0.4 is 10.6 Å². The number of thiazole rings is 1. The second-order valence-electron chi connectivity index (χ2n) is 6.91. The van der Waals surface area contributed by atoms with E-state index in [0.29, 0.717) is 34.2 Å². The molecule has 2 heterocycles. The van der Waals surface area contributed by atoms with Gasteiger partial charge >= 0.3 is 6.03 Å². The van der Waals surface area contributed by atoms with Gasteiger partial charge in [-0.3, -0.25) is 14.8 Å². The number of rotatable bonds is 6. The first kappa shape index (κ1) is 21.4. The molecule has 10 heteroatoms. The summed E-state index contributed by atoms with van der Waals surface area (Å²) >= 11 is 1.26. The largest absolute Gasteiger partial charge is 0.336 e. The van der Waals surface area contributed by atoms with Crippen LogP contribution in [-0.2, 0) is 20.1 Å². The Morgan fingerprint density at radius 3 is 2.73 bits per heavy atom. The number of urea groups is 1. The lowest BCUT2D eigenvalue weighted by molar-refractivity contribution is 0.0782. The van der Waals surface area contributed by atoms with Crippen molar-refractivity contribution >= 4 is 28.4 Å². The summed E-state index contributed by atoms with van der Waals surface area (Å²) < 4.78 is 14.9. The predicted octanol–water partition coefficient (Wildman–Crippen LogP) is 3.23. The molecule has 158 valence electrons. The first-order valence-electron chi connectivity index (χ1n) is 9.24. The zero-order valence-electron chi connectivity index (χ0n) is 17.2. The van der Waals surface area contributed by atoms with Gasteiger partial charge in [0.05, 0.1) is 23.5 Å². The average Bonchev–Trinajstić information content (AvgIpc) is 3.22. The number of amides is 3. The number of benzene rings is 1.